The van der Waals surface area contributed by atoms with Crippen molar-refractivity contribution >= 4 is 11.9 Å². The van der Waals surface area contributed by atoms with Crippen molar-refractivity contribution in [3.8, 4) is 0 Å². The number of nitrogens with one attached hydrogen (secondary N) is 1. The Morgan fingerprint density at radius 3 is 2.52 bits per heavy atom. The summed E-state index contributed by atoms with van der Waals surface area (Å²) in [5, 5.41) is 3.28. The van der Waals surface area contributed by atoms with Crippen molar-refractivity contribution in [3.63, 3.8) is 0 Å². The predicted molar refractivity (Wildman–Crippen MR) is 91.3 cm³/mol. The van der Waals surface area contributed by atoms with Crippen LogP contribution in [0.1, 0.15) is 51.1 Å². The minimum atomic E-state index is 0.149. The topological polar surface area (TPSA) is 58.1 Å². The fourth-order valence-corrected chi connectivity index (χ4v) is 3.65. The van der Waals surface area contributed by atoms with Gasteiger partial charge in [-0.2, -0.15) is 0 Å². The number of nitrogens with zero attached hydrogens (tertiary/aromatic N) is 3. The van der Waals surface area contributed by atoms with Crippen LogP contribution in [0.25, 0.3) is 0 Å². The number of carbonyl (C=O) groups is 1. The molecule has 2 aliphatic rings. The van der Waals surface area contributed by atoms with Crippen LogP contribution in [-0.2, 0) is 4.79 Å². The van der Waals surface area contributed by atoms with E-state index in [2.05, 4.69) is 27.1 Å². The molecule has 0 bridgehead atoms. The monoisotopic (exact) mass is 316 g/mol. The van der Waals surface area contributed by atoms with E-state index in [1.165, 1.54) is 12.8 Å². The quantitative estimate of drug-likeness (QED) is 0.931. The molecular weight excluding hydrogens is 288 g/mol. The highest BCUT2D eigenvalue weighted by Crippen LogP contribution is 2.25. The average Bonchev–Trinajstić information content (AvgIpc) is 2.57. The van der Waals surface area contributed by atoms with Gasteiger partial charge in [0, 0.05) is 36.9 Å². The number of rotatable bonds is 3. The van der Waals surface area contributed by atoms with Gasteiger partial charge >= 0.3 is 0 Å². The number of carbonyl (C=O) groups excluding carboxylic acids is 1. The van der Waals surface area contributed by atoms with Gasteiger partial charge < -0.3 is 10.2 Å². The number of piperidine rings is 1. The Balaban J connectivity index is 1.47. The van der Waals surface area contributed by atoms with Gasteiger partial charge in [-0.25, -0.2) is 9.97 Å². The molecule has 1 aliphatic heterocycles. The van der Waals surface area contributed by atoms with E-state index < -0.39 is 0 Å². The summed E-state index contributed by atoms with van der Waals surface area (Å²) in [6.45, 7) is 6.02. The van der Waals surface area contributed by atoms with Gasteiger partial charge in [0.1, 0.15) is 0 Å². The molecule has 1 aliphatic carbocycles. The van der Waals surface area contributed by atoms with Gasteiger partial charge in [0.05, 0.1) is 0 Å². The Hall–Kier alpha value is -1.65. The molecule has 5 nitrogen and oxygen atoms in total. The highest BCUT2D eigenvalue weighted by Gasteiger charge is 2.28. The number of aromatic nitrogens is 2. The first-order chi connectivity index (χ1) is 11.1. The van der Waals surface area contributed by atoms with E-state index in [9.17, 15) is 4.79 Å². The third kappa shape index (κ3) is 4.21. The number of amides is 1. The van der Waals surface area contributed by atoms with E-state index in [1.54, 1.807) is 6.20 Å². The Labute approximate surface area is 138 Å². The van der Waals surface area contributed by atoms with Gasteiger partial charge in [0.15, 0.2) is 0 Å². The molecule has 1 saturated heterocycles. The van der Waals surface area contributed by atoms with E-state index in [-0.39, 0.29) is 11.8 Å². The number of aryl methyl sites for hydroxylation is 1. The molecule has 1 aromatic heterocycles. The smallest absolute Gasteiger partial charge is 0.225 e. The molecule has 126 valence electrons. The zero-order valence-corrected chi connectivity index (χ0v) is 14.3. The molecule has 1 N–H and O–H groups in total. The van der Waals surface area contributed by atoms with Gasteiger partial charge in [-0.1, -0.05) is 6.92 Å². The van der Waals surface area contributed by atoms with E-state index >= 15 is 0 Å². The van der Waals surface area contributed by atoms with Crippen LogP contribution in [0.5, 0.6) is 0 Å². The van der Waals surface area contributed by atoms with E-state index in [4.69, 9.17) is 0 Å². The third-order valence-corrected chi connectivity index (χ3v) is 5.29. The lowest BCUT2D eigenvalue weighted by Gasteiger charge is -2.33. The van der Waals surface area contributed by atoms with Gasteiger partial charge in [0.2, 0.25) is 11.9 Å². The van der Waals surface area contributed by atoms with Gasteiger partial charge in [-0.15, -0.1) is 0 Å². The standard InChI is InChI=1S/C18H28N4O/c1-13-3-5-16(6-4-13)21-17(23)15-8-11-22(12-9-15)18-19-10-7-14(2)20-18/h7,10,13,15-16H,3-6,8-9,11-12H2,1-2H3,(H,21,23). The zero-order valence-electron chi connectivity index (χ0n) is 14.3. The van der Waals surface area contributed by atoms with Crippen molar-refractivity contribution in [2.24, 2.45) is 11.8 Å². The summed E-state index contributed by atoms with van der Waals surface area (Å²) in [4.78, 5) is 23.5. The maximum Gasteiger partial charge on any atom is 0.225 e. The second-order valence-electron chi connectivity index (χ2n) is 7.22. The van der Waals surface area contributed by atoms with Crippen LogP contribution in [0.2, 0.25) is 0 Å². The third-order valence-electron chi connectivity index (χ3n) is 5.29. The lowest BCUT2D eigenvalue weighted by Crippen LogP contribution is -2.45. The Morgan fingerprint density at radius 2 is 1.87 bits per heavy atom. The summed E-state index contributed by atoms with van der Waals surface area (Å²) in [5.41, 5.74) is 0.987. The van der Waals surface area contributed by atoms with Crippen molar-refractivity contribution in [2.45, 2.75) is 58.4 Å². The Bertz CT molecular complexity index is 532. The molecule has 0 radical (unpaired) electrons. The van der Waals surface area contributed by atoms with Crippen LogP contribution in [0.3, 0.4) is 0 Å². The van der Waals surface area contributed by atoms with E-state index in [0.29, 0.717) is 6.04 Å². The first-order valence-corrected chi connectivity index (χ1v) is 8.97. The predicted octanol–water partition coefficient (Wildman–Crippen LogP) is 2.70. The van der Waals surface area contributed by atoms with Crippen molar-refractivity contribution in [1.82, 2.24) is 15.3 Å². The minimum Gasteiger partial charge on any atom is -0.353 e. The van der Waals surface area contributed by atoms with Crippen LogP contribution in [0, 0.1) is 18.8 Å². The molecule has 0 unspecified atom stereocenters. The Kier molecular flexibility index (Phi) is 5.13. The highest BCUT2D eigenvalue weighted by atomic mass is 16.1. The molecule has 0 aromatic carbocycles. The van der Waals surface area contributed by atoms with E-state index in [1.807, 2.05) is 13.0 Å². The first kappa shape index (κ1) is 16.2. The van der Waals surface area contributed by atoms with Gasteiger partial charge in [0.25, 0.3) is 0 Å². The maximum atomic E-state index is 12.5. The second-order valence-corrected chi connectivity index (χ2v) is 7.22. The summed E-state index contributed by atoms with van der Waals surface area (Å²) >= 11 is 0. The lowest BCUT2D eigenvalue weighted by atomic mass is 9.86. The SMILES string of the molecule is Cc1ccnc(N2CCC(C(=O)NC3CCC(C)CC3)CC2)n1. The summed E-state index contributed by atoms with van der Waals surface area (Å²) < 4.78 is 0. The van der Waals surface area contributed by atoms with Crippen LogP contribution in [0.4, 0.5) is 5.95 Å². The fourth-order valence-electron chi connectivity index (χ4n) is 3.65. The molecule has 3 rings (SSSR count). The van der Waals surface area contributed by atoms with Crippen LogP contribution >= 0.6 is 0 Å². The molecule has 0 atom stereocenters. The molecule has 1 saturated carbocycles. The minimum absolute atomic E-state index is 0.149. The molecular formula is C18H28N4O. The molecule has 1 aromatic rings. The molecule has 0 spiro atoms. The number of anilines is 1. The van der Waals surface area contributed by atoms with Gasteiger partial charge in [-0.3, -0.25) is 4.79 Å². The van der Waals surface area contributed by atoms with Crippen molar-refractivity contribution < 1.29 is 4.79 Å². The average molecular weight is 316 g/mol. The van der Waals surface area contributed by atoms with Crippen molar-refractivity contribution in [3.05, 3.63) is 18.0 Å². The van der Waals surface area contributed by atoms with Crippen LogP contribution in [0.15, 0.2) is 12.3 Å². The highest BCUT2D eigenvalue weighted by molar-refractivity contribution is 5.79. The largest absolute Gasteiger partial charge is 0.353 e. The number of hydrogen-bond donors (Lipinski definition) is 1. The zero-order chi connectivity index (χ0) is 16.2. The molecule has 1 amide bonds. The fraction of sp³-hybridized carbons (Fsp3) is 0.722. The summed E-state index contributed by atoms with van der Waals surface area (Å²) in [5.74, 6) is 2.02. The van der Waals surface area contributed by atoms with Crippen molar-refractivity contribution in [2.75, 3.05) is 18.0 Å². The van der Waals surface area contributed by atoms with Crippen molar-refractivity contribution in [1.29, 1.82) is 0 Å². The summed E-state index contributed by atoms with van der Waals surface area (Å²) in [6, 6.07) is 2.31. The van der Waals surface area contributed by atoms with Gasteiger partial charge in [-0.05, 0) is 57.4 Å². The molecule has 2 fully saturated rings. The number of hydrogen-bond acceptors (Lipinski definition) is 4. The Morgan fingerprint density at radius 1 is 1.17 bits per heavy atom. The van der Waals surface area contributed by atoms with E-state index in [0.717, 1.165) is 56.3 Å². The maximum absolute atomic E-state index is 12.5. The molecule has 5 heteroatoms. The van der Waals surface area contributed by atoms with Crippen LogP contribution < -0.4 is 10.2 Å². The van der Waals surface area contributed by atoms with Crippen LogP contribution in [-0.4, -0.2) is 35.0 Å². The molecule has 23 heavy (non-hydrogen) atoms. The first-order valence-electron chi connectivity index (χ1n) is 8.97. The second kappa shape index (κ2) is 7.28. The lowest BCUT2D eigenvalue weighted by molar-refractivity contribution is -0.126. The summed E-state index contributed by atoms with van der Waals surface area (Å²) in [6.07, 6.45) is 8.37. The summed E-state index contributed by atoms with van der Waals surface area (Å²) in [7, 11) is 0. The normalized spacial score (nSPS) is 26.1. The molecule has 2 heterocycles.